The normalized spacial score (nSPS) is 23.6. The van der Waals surface area contributed by atoms with E-state index in [1.54, 1.807) is 12.3 Å². The number of rotatable bonds is 8. The first-order valence-corrected chi connectivity index (χ1v) is 16.8. The number of anilines is 4. The van der Waals surface area contributed by atoms with Crippen molar-refractivity contribution in [3.8, 4) is 6.07 Å². The smallest absolute Gasteiger partial charge is 0.242 e. The molecule has 1 saturated carbocycles. The van der Waals surface area contributed by atoms with Crippen LogP contribution in [0.4, 0.5) is 31.9 Å². The predicted molar refractivity (Wildman–Crippen MR) is 163 cm³/mol. The highest BCUT2D eigenvalue weighted by molar-refractivity contribution is 7.64. The molecule has 6 rings (SSSR count). The fourth-order valence-corrected chi connectivity index (χ4v) is 7.69. The van der Waals surface area contributed by atoms with Crippen molar-refractivity contribution in [1.82, 2.24) is 14.9 Å². The molecule has 1 aliphatic heterocycles. The van der Waals surface area contributed by atoms with Crippen LogP contribution in [-0.2, 0) is 19.3 Å². The highest BCUT2D eigenvalue weighted by Crippen LogP contribution is 2.52. The number of aryl methyl sites for hydroxylation is 2. The third kappa shape index (κ3) is 6.18. The van der Waals surface area contributed by atoms with Crippen LogP contribution in [0, 0.1) is 29.1 Å². The zero-order valence-corrected chi connectivity index (χ0v) is 24.9. The lowest BCUT2D eigenvalue weighted by molar-refractivity contribution is 0.149. The maximum atomic E-state index is 12.9. The molecule has 0 spiro atoms. The summed E-state index contributed by atoms with van der Waals surface area (Å²) in [6.07, 6.45) is 3.31. The van der Waals surface area contributed by atoms with E-state index in [1.165, 1.54) is 11.1 Å². The van der Waals surface area contributed by atoms with Crippen molar-refractivity contribution in [3.63, 3.8) is 0 Å². The Balaban J connectivity index is 1.13. The number of nitrogens with one attached hydrogen (secondary N) is 2. The molecule has 2 heterocycles. The Morgan fingerprint density at radius 3 is 2.54 bits per heavy atom. The van der Waals surface area contributed by atoms with Crippen LogP contribution in [-0.4, -0.2) is 53.8 Å². The van der Waals surface area contributed by atoms with Gasteiger partial charge in [-0.05, 0) is 97.1 Å². The van der Waals surface area contributed by atoms with E-state index in [0.29, 0.717) is 46.1 Å². The van der Waals surface area contributed by atoms with Gasteiger partial charge in [0, 0.05) is 36.9 Å². The Kier molecular flexibility index (Phi) is 8.14. The topological polar surface area (TPSA) is 76.9 Å². The summed E-state index contributed by atoms with van der Waals surface area (Å²) in [6.45, 7) is 6.35. The Labute approximate surface area is 246 Å². The van der Waals surface area contributed by atoms with Crippen molar-refractivity contribution in [1.29, 1.82) is 5.26 Å². The number of fused-ring (bicyclic) bond motifs is 2. The van der Waals surface area contributed by atoms with Crippen molar-refractivity contribution in [3.05, 3.63) is 64.3 Å². The van der Waals surface area contributed by atoms with Crippen LogP contribution >= 0.6 is 19.5 Å². The van der Waals surface area contributed by atoms with E-state index < -0.39 is 14.3 Å². The molecule has 10 heteroatoms. The molecule has 0 bridgehead atoms. The number of aromatic nitrogens is 2. The Morgan fingerprint density at radius 2 is 1.83 bits per heavy atom. The molecule has 0 radical (unpaired) electrons. The Morgan fingerprint density at radius 1 is 1.07 bits per heavy atom. The minimum atomic E-state index is -2.38. The molecule has 0 amide bonds. The quantitative estimate of drug-likeness (QED) is 0.222. The zero-order valence-electron chi connectivity index (χ0n) is 23.2. The number of benzene rings is 2. The number of hydrogen-bond donors (Lipinski definition) is 2. The van der Waals surface area contributed by atoms with E-state index in [9.17, 15) is 14.0 Å². The van der Waals surface area contributed by atoms with Crippen LogP contribution < -0.4 is 15.9 Å². The fraction of sp³-hybridized carbons (Fsp3) is 0.452. The maximum Gasteiger partial charge on any atom is 0.242 e. The van der Waals surface area contributed by atoms with Crippen LogP contribution in [0.5, 0.6) is 0 Å². The first-order valence-electron chi connectivity index (χ1n) is 14.2. The molecular weight excluding hydrogens is 561 g/mol. The van der Waals surface area contributed by atoms with Gasteiger partial charge in [-0.2, -0.15) is 10.2 Å². The van der Waals surface area contributed by atoms with Crippen LogP contribution in [0.3, 0.4) is 0 Å². The lowest BCUT2D eigenvalue weighted by atomic mass is 10.0. The summed E-state index contributed by atoms with van der Waals surface area (Å²) in [5, 5.41) is 17.3. The van der Waals surface area contributed by atoms with Gasteiger partial charge < -0.3 is 10.6 Å². The number of nitrogens with zero attached hydrogens (tertiary/aromatic N) is 4. The van der Waals surface area contributed by atoms with Crippen LogP contribution in [0.25, 0.3) is 0 Å². The summed E-state index contributed by atoms with van der Waals surface area (Å²) in [7, 11) is -0.553. The molecule has 214 valence electrons. The molecule has 2 aliphatic carbocycles. The van der Waals surface area contributed by atoms with Gasteiger partial charge in [0.2, 0.25) is 12.4 Å². The summed E-state index contributed by atoms with van der Waals surface area (Å²) < 4.78 is 25.9. The van der Waals surface area contributed by atoms with E-state index in [0.717, 1.165) is 55.5 Å². The second kappa shape index (κ2) is 11.8. The van der Waals surface area contributed by atoms with Gasteiger partial charge in [0.05, 0.1) is 18.2 Å². The molecule has 3 aliphatic rings. The van der Waals surface area contributed by atoms with Crippen molar-refractivity contribution >= 4 is 48.0 Å². The number of likely N-dealkylation sites (tertiary alicyclic amines) is 1. The number of piperidine rings is 1. The third-order valence-electron chi connectivity index (χ3n) is 8.78. The van der Waals surface area contributed by atoms with Gasteiger partial charge in [0.1, 0.15) is 5.02 Å². The van der Waals surface area contributed by atoms with Crippen LogP contribution in [0.1, 0.15) is 29.5 Å². The van der Waals surface area contributed by atoms with Crippen molar-refractivity contribution in [2.75, 3.05) is 37.1 Å². The van der Waals surface area contributed by atoms with Gasteiger partial charge in [-0.15, -0.1) is 0 Å². The highest BCUT2D eigenvalue weighted by atomic mass is 35.5. The first-order chi connectivity index (χ1) is 19.8. The molecule has 3 atom stereocenters. The zero-order chi connectivity index (χ0) is 28.7. The standard InChI is InChI=1S/C31H34ClF2N6P/c1-41(2)28-11-18(12-29(33)34)3-10-27(28)38-30-26(32)15-36-31(39-30)37-21-7-4-19-5-8-22(9-6-20(19)13-21)40-16-24-23(14-35)25(24)17-40/h3-4,7,10-11,13,15,22-25,29H,5-6,8-9,12,16-17H2,1-2H3,(H2,36,37,38,39). The molecule has 1 saturated heterocycles. The molecule has 6 nitrogen and oxygen atoms in total. The van der Waals surface area contributed by atoms with Crippen LogP contribution in [0.2, 0.25) is 5.02 Å². The number of alkyl halides is 2. The summed E-state index contributed by atoms with van der Waals surface area (Å²) in [4.78, 5) is 11.7. The largest absolute Gasteiger partial charge is 0.338 e. The molecule has 2 fully saturated rings. The lowest BCUT2D eigenvalue weighted by Crippen LogP contribution is -2.35. The molecule has 41 heavy (non-hydrogen) atoms. The Hall–Kier alpha value is -2.85. The van der Waals surface area contributed by atoms with Crippen molar-refractivity contribution in [2.24, 2.45) is 17.8 Å². The van der Waals surface area contributed by atoms with E-state index in [4.69, 9.17) is 11.6 Å². The van der Waals surface area contributed by atoms with Gasteiger partial charge in [0.25, 0.3) is 0 Å². The fourth-order valence-electron chi connectivity index (χ4n) is 6.51. The highest BCUT2D eigenvalue weighted by Gasteiger charge is 2.56. The summed E-state index contributed by atoms with van der Waals surface area (Å²) >= 11 is 6.46. The lowest BCUT2D eigenvalue weighted by Gasteiger charge is -2.28. The van der Waals surface area contributed by atoms with Crippen molar-refractivity contribution in [2.45, 2.75) is 44.6 Å². The molecule has 1 aromatic heterocycles. The van der Waals surface area contributed by atoms with Crippen LogP contribution in [0.15, 0.2) is 42.6 Å². The number of halogens is 3. The monoisotopic (exact) mass is 594 g/mol. The van der Waals surface area contributed by atoms with Gasteiger partial charge in [0.15, 0.2) is 5.82 Å². The molecule has 2 aromatic carbocycles. The SMILES string of the molecule is CP(C)c1cc(CC(F)F)ccc1Nc1nc(Nc2ccc3c(c2)CCC(N2CC4C(C#N)C4C2)CC3)ncc1Cl. The molecular formula is C31H34ClF2N6P. The average Bonchev–Trinajstić information content (AvgIpc) is 3.51. The minimum Gasteiger partial charge on any atom is -0.338 e. The summed E-state index contributed by atoms with van der Waals surface area (Å²) in [5.41, 5.74) is 5.11. The van der Waals surface area contributed by atoms with E-state index in [1.807, 2.05) is 12.1 Å². The first kappa shape index (κ1) is 28.3. The van der Waals surface area contributed by atoms with E-state index in [2.05, 4.69) is 63.1 Å². The third-order valence-corrected chi connectivity index (χ3v) is 10.4. The maximum absolute atomic E-state index is 12.9. The summed E-state index contributed by atoms with van der Waals surface area (Å²) in [6, 6.07) is 14.9. The van der Waals surface area contributed by atoms with E-state index >= 15 is 0 Å². The van der Waals surface area contributed by atoms with Gasteiger partial charge in [-0.25, -0.2) is 13.8 Å². The second-order valence-electron chi connectivity index (χ2n) is 11.6. The minimum absolute atomic E-state index is 0.262. The van der Waals surface area contributed by atoms with Gasteiger partial charge >= 0.3 is 0 Å². The van der Waals surface area contributed by atoms with Gasteiger partial charge in [-0.1, -0.05) is 31.7 Å². The van der Waals surface area contributed by atoms with Crippen molar-refractivity contribution < 1.29 is 8.78 Å². The Bertz CT molecular complexity index is 1470. The number of nitriles is 1. The van der Waals surface area contributed by atoms with Gasteiger partial charge in [-0.3, -0.25) is 4.90 Å². The molecule has 3 unspecified atom stereocenters. The molecule has 2 N–H and O–H groups in total. The van der Waals surface area contributed by atoms with E-state index in [-0.39, 0.29) is 6.42 Å². The molecule has 3 aromatic rings. The summed E-state index contributed by atoms with van der Waals surface area (Å²) in [5.74, 6) is 2.39. The number of hydrogen-bond acceptors (Lipinski definition) is 6. The average molecular weight is 595 g/mol. The second-order valence-corrected chi connectivity index (χ2v) is 14.3. The predicted octanol–water partition coefficient (Wildman–Crippen LogP) is 6.74.